The second-order valence-corrected chi connectivity index (χ2v) is 2.50. The van der Waals surface area contributed by atoms with Crippen LogP contribution in [0.3, 0.4) is 0 Å². The first-order valence-electron chi connectivity index (χ1n) is 3.80. The van der Waals surface area contributed by atoms with Crippen LogP contribution in [-0.4, -0.2) is 5.91 Å². The lowest BCUT2D eigenvalue weighted by Gasteiger charge is -2.03. The highest BCUT2D eigenvalue weighted by atomic mass is 19.1. The summed E-state index contributed by atoms with van der Waals surface area (Å²) in [5.41, 5.74) is 0.360. The second kappa shape index (κ2) is 4.19. The molecule has 70 valence electrons. The summed E-state index contributed by atoms with van der Waals surface area (Å²) in [5.74, 6) is -0.953. The predicted octanol–water partition coefficient (Wildman–Crippen LogP) is 1.82. The Labute approximate surface area is 80.5 Å². The fourth-order valence-electron chi connectivity index (χ4n) is 0.902. The molecule has 0 aliphatic rings. The van der Waals surface area contributed by atoms with Gasteiger partial charge >= 0.3 is 0 Å². The van der Waals surface area contributed by atoms with Crippen molar-refractivity contribution < 1.29 is 9.18 Å². The molecule has 0 bridgehead atoms. The summed E-state index contributed by atoms with van der Waals surface area (Å²) in [4.78, 5) is 10.9. The van der Waals surface area contributed by atoms with Crippen LogP contribution in [0.5, 0.6) is 0 Å². The summed E-state index contributed by atoms with van der Waals surface area (Å²) in [7, 11) is 0. The van der Waals surface area contributed by atoms with Gasteiger partial charge in [-0.3, -0.25) is 4.79 Å². The summed E-state index contributed by atoms with van der Waals surface area (Å²) >= 11 is 0. The number of nitrogens with one attached hydrogen (secondary N) is 1. The summed E-state index contributed by atoms with van der Waals surface area (Å²) in [6.07, 6.45) is 1.07. The first-order valence-corrected chi connectivity index (χ1v) is 3.80. The van der Waals surface area contributed by atoms with Crippen LogP contribution in [-0.2, 0) is 4.79 Å². The van der Waals surface area contributed by atoms with Crippen molar-refractivity contribution >= 4 is 11.6 Å². The molecule has 0 aliphatic carbocycles. The van der Waals surface area contributed by atoms with Gasteiger partial charge in [-0.2, -0.15) is 5.26 Å². The Morgan fingerprint density at radius 1 is 1.64 bits per heavy atom. The molecule has 0 saturated carbocycles. The number of carbonyl (C=O) groups is 1. The maximum Gasteiger partial charge on any atom is 0.247 e. The highest BCUT2D eigenvalue weighted by molar-refractivity contribution is 5.99. The van der Waals surface area contributed by atoms with Crippen molar-refractivity contribution in [2.75, 3.05) is 5.32 Å². The lowest BCUT2D eigenvalue weighted by molar-refractivity contribution is -0.111. The van der Waals surface area contributed by atoms with E-state index in [4.69, 9.17) is 5.26 Å². The van der Waals surface area contributed by atoms with E-state index >= 15 is 0 Å². The van der Waals surface area contributed by atoms with E-state index in [0.29, 0.717) is 0 Å². The molecule has 14 heavy (non-hydrogen) atoms. The molecule has 4 heteroatoms. The van der Waals surface area contributed by atoms with Gasteiger partial charge in [0, 0.05) is 0 Å². The first-order chi connectivity index (χ1) is 6.67. The Morgan fingerprint density at radius 2 is 2.36 bits per heavy atom. The summed E-state index contributed by atoms with van der Waals surface area (Å²) in [6.45, 7) is 3.26. The molecule has 1 aromatic carbocycles. The molecule has 1 N–H and O–H groups in total. The molecule has 1 rings (SSSR count). The van der Waals surface area contributed by atoms with Gasteiger partial charge in [-0.25, -0.2) is 4.39 Å². The molecule has 3 nitrogen and oxygen atoms in total. The maximum atomic E-state index is 12.7. The molecule has 1 amide bonds. The first kappa shape index (κ1) is 9.93. The standard InChI is InChI=1S/C10H7FN2O/c1-2-10(14)13-9-4-3-8(11)5-7(9)6-12/h2-5H,1H2,(H,13,14). The smallest absolute Gasteiger partial charge is 0.247 e. The number of halogens is 1. The predicted molar refractivity (Wildman–Crippen MR) is 49.9 cm³/mol. The van der Waals surface area contributed by atoms with E-state index in [-0.39, 0.29) is 11.3 Å². The lowest BCUT2D eigenvalue weighted by Crippen LogP contribution is -2.08. The number of amides is 1. The van der Waals surface area contributed by atoms with Gasteiger partial charge in [0.15, 0.2) is 0 Å². The minimum atomic E-state index is -0.516. The van der Waals surface area contributed by atoms with Crippen molar-refractivity contribution in [3.05, 3.63) is 42.2 Å². The third-order valence-corrected chi connectivity index (χ3v) is 1.55. The number of benzene rings is 1. The van der Waals surface area contributed by atoms with Gasteiger partial charge in [0.05, 0.1) is 11.3 Å². The summed E-state index contributed by atoms with van der Waals surface area (Å²) in [6, 6.07) is 5.33. The number of carbonyl (C=O) groups excluding carboxylic acids is 1. The van der Waals surface area contributed by atoms with E-state index < -0.39 is 11.7 Å². The van der Waals surface area contributed by atoms with Crippen LogP contribution in [0.2, 0.25) is 0 Å². The van der Waals surface area contributed by atoms with Crippen molar-refractivity contribution in [2.24, 2.45) is 0 Å². The van der Waals surface area contributed by atoms with Crippen LogP contribution < -0.4 is 5.32 Å². The highest BCUT2D eigenvalue weighted by Gasteiger charge is 2.04. The third kappa shape index (κ3) is 2.17. The van der Waals surface area contributed by atoms with Crippen LogP contribution in [0, 0.1) is 17.1 Å². The van der Waals surface area contributed by atoms with Crippen LogP contribution in [0.4, 0.5) is 10.1 Å². The van der Waals surface area contributed by atoms with E-state index in [1.165, 1.54) is 12.1 Å². The molecule has 0 spiro atoms. The molecule has 0 radical (unpaired) electrons. The van der Waals surface area contributed by atoms with E-state index in [1.54, 1.807) is 6.07 Å². The zero-order valence-electron chi connectivity index (χ0n) is 7.25. The van der Waals surface area contributed by atoms with E-state index in [9.17, 15) is 9.18 Å². The van der Waals surface area contributed by atoms with Gasteiger partial charge in [0.1, 0.15) is 11.9 Å². The monoisotopic (exact) mass is 190 g/mol. The van der Waals surface area contributed by atoms with Gasteiger partial charge in [0.2, 0.25) is 5.91 Å². The molecular formula is C10H7FN2O. The van der Waals surface area contributed by atoms with Crippen molar-refractivity contribution in [2.45, 2.75) is 0 Å². The maximum absolute atomic E-state index is 12.7. The Balaban J connectivity index is 3.04. The van der Waals surface area contributed by atoms with Gasteiger partial charge in [-0.15, -0.1) is 0 Å². The average Bonchev–Trinajstić information content (AvgIpc) is 2.20. The quantitative estimate of drug-likeness (QED) is 0.723. The molecule has 0 heterocycles. The molecule has 0 aliphatic heterocycles. The molecule has 0 unspecified atom stereocenters. The normalized spacial score (nSPS) is 8.86. The minimum Gasteiger partial charge on any atom is -0.321 e. The molecular weight excluding hydrogens is 183 g/mol. The Bertz CT molecular complexity index is 421. The number of hydrogen-bond acceptors (Lipinski definition) is 2. The zero-order valence-corrected chi connectivity index (χ0v) is 7.25. The minimum absolute atomic E-state index is 0.0835. The zero-order chi connectivity index (χ0) is 10.6. The van der Waals surface area contributed by atoms with Crippen molar-refractivity contribution in [3.8, 4) is 6.07 Å². The van der Waals surface area contributed by atoms with Crippen LogP contribution in [0.1, 0.15) is 5.56 Å². The van der Waals surface area contributed by atoms with Crippen molar-refractivity contribution in [3.63, 3.8) is 0 Å². The van der Waals surface area contributed by atoms with E-state index in [2.05, 4.69) is 11.9 Å². The van der Waals surface area contributed by atoms with Crippen molar-refractivity contribution in [1.29, 1.82) is 5.26 Å². The SMILES string of the molecule is C=CC(=O)Nc1ccc(F)cc1C#N. The van der Waals surface area contributed by atoms with Crippen LogP contribution in [0.15, 0.2) is 30.9 Å². The number of nitriles is 1. The van der Waals surface area contributed by atoms with Crippen LogP contribution >= 0.6 is 0 Å². The molecule has 0 fully saturated rings. The fourth-order valence-corrected chi connectivity index (χ4v) is 0.902. The van der Waals surface area contributed by atoms with Crippen molar-refractivity contribution in [1.82, 2.24) is 0 Å². The number of hydrogen-bond donors (Lipinski definition) is 1. The van der Waals surface area contributed by atoms with Gasteiger partial charge < -0.3 is 5.32 Å². The summed E-state index contributed by atoms with van der Waals surface area (Å²) in [5, 5.41) is 11.0. The average molecular weight is 190 g/mol. The van der Waals surface area contributed by atoms with Gasteiger partial charge in [-0.05, 0) is 24.3 Å². The number of anilines is 1. The largest absolute Gasteiger partial charge is 0.321 e. The Kier molecular flexibility index (Phi) is 2.97. The van der Waals surface area contributed by atoms with Gasteiger partial charge in [-0.1, -0.05) is 6.58 Å². The number of nitrogens with zero attached hydrogens (tertiary/aromatic N) is 1. The molecule has 0 saturated heterocycles. The molecule has 1 aromatic rings. The number of rotatable bonds is 2. The Hall–Kier alpha value is -2.15. The molecule has 0 aromatic heterocycles. The van der Waals surface area contributed by atoms with Crippen LogP contribution in [0.25, 0.3) is 0 Å². The Morgan fingerprint density at radius 3 is 2.93 bits per heavy atom. The molecule has 0 atom stereocenters. The van der Waals surface area contributed by atoms with E-state index in [0.717, 1.165) is 12.1 Å². The topological polar surface area (TPSA) is 52.9 Å². The van der Waals surface area contributed by atoms with E-state index in [1.807, 2.05) is 0 Å². The third-order valence-electron chi connectivity index (χ3n) is 1.55. The van der Waals surface area contributed by atoms with Gasteiger partial charge in [0.25, 0.3) is 0 Å². The lowest BCUT2D eigenvalue weighted by atomic mass is 10.2. The summed E-state index contributed by atoms with van der Waals surface area (Å²) < 4.78 is 12.7. The second-order valence-electron chi connectivity index (χ2n) is 2.50. The fraction of sp³-hybridized carbons (Fsp3) is 0. The highest BCUT2D eigenvalue weighted by Crippen LogP contribution is 2.15.